The zero-order chi connectivity index (χ0) is 18.7. The minimum absolute atomic E-state index is 0.00885. The first-order valence-corrected chi connectivity index (χ1v) is 9.08. The summed E-state index contributed by atoms with van der Waals surface area (Å²) in [5.74, 6) is 1.39. The second-order valence-corrected chi connectivity index (χ2v) is 7.18. The van der Waals surface area contributed by atoms with Crippen molar-refractivity contribution in [1.82, 2.24) is 9.78 Å². The molecule has 0 spiro atoms. The van der Waals surface area contributed by atoms with Crippen LogP contribution >= 0.6 is 0 Å². The van der Waals surface area contributed by atoms with Crippen molar-refractivity contribution in [3.63, 3.8) is 0 Å². The van der Waals surface area contributed by atoms with E-state index in [9.17, 15) is 4.79 Å². The molecule has 0 bridgehead atoms. The summed E-state index contributed by atoms with van der Waals surface area (Å²) in [6.45, 7) is 14.5. The summed E-state index contributed by atoms with van der Waals surface area (Å²) < 4.78 is 7.38. The molecule has 1 atom stereocenters. The van der Waals surface area contributed by atoms with Crippen molar-refractivity contribution in [3.05, 3.63) is 46.3 Å². The van der Waals surface area contributed by atoms with Crippen LogP contribution in [-0.2, 0) is 0 Å². The van der Waals surface area contributed by atoms with Crippen LogP contribution in [0.4, 0.5) is 0 Å². The van der Waals surface area contributed by atoms with E-state index in [1.807, 2.05) is 26.8 Å². The summed E-state index contributed by atoms with van der Waals surface area (Å²) in [6, 6.07) is 6.14. The molecule has 1 aromatic carbocycles. The molecule has 4 nitrogen and oxygen atoms in total. The average molecular weight is 342 g/mol. The van der Waals surface area contributed by atoms with Crippen molar-refractivity contribution in [3.8, 4) is 5.75 Å². The molecule has 4 heteroatoms. The van der Waals surface area contributed by atoms with E-state index >= 15 is 0 Å². The van der Waals surface area contributed by atoms with Gasteiger partial charge in [0.1, 0.15) is 5.75 Å². The molecule has 0 fully saturated rings. The number of benzene rings is 1. The highest BCUT2D eigenvalue weighted by Gasteiger charge is 2.20. The number of carbonyl (C=O) groups is 1. The summed E-state index contributed by atoms with van der Waals surface area (Å²) in [5, 5.41) is 4.45. The van der Waals surface area contributed by atoms with Gasteiger partial charge in [-0.1, -0.05) is 39.8 Å². The van der Waals surface area contributed by atoms with Gasteiger partial charge in [0.25, 0.3) is 5.91 Å². The smallest absolute Gasteiger partial charge is 0.284 e. The molecule has 1 heterocycles. The Hall–Kier alpha value is -2.10. The van der Waals surface area contributed by atoms with Crippen molar-refractivity contribution in [2.45, 2.75) is 66.7 Å². The lowest BCUT2D eigenvalue weighted by Crippen LogP contribution is -2.22. The van der Waals surface area contributed by atoms with Crippen LogP contribution in [-0.4, -0.2) is 22.3 Å². The lowest BCUT2D eigenvalue weighted by atomic mass is 9.97. The van der Waals surface area contributed by atoms with Gasteiger partial charge >= 0.3 is 0 Å². The molecule has 1 unspecified atom stereocenters. The molecule has 0 radical (unpaired) electrons. The summed E-state index contributed by atoms with van der Waals surface area (Å²) in [7, 11) is 0. The normalized spacial score (nSPS) is 12.5. The summed E-state index contributed by atoms with van der Waals surface area (Å²) in [6.07, 6.45) is 1.03. The van der Waals surface area contributed by atoms with Crippen molar-refractivity contribution < 1.29 is 9.53 Å². The van der Waals surface area contributed by atoms with Gasteiger partial charge in [0.2, 0.25) is 0 Å². The van der Waals surface area contributed by atoms with Gasteiger partial charge < -0.3 is 4.74 Å². The van der Waals surface area contributed by atoms with Crippen LogP contribution in [0.5, 0.6) is 5.75 Å². The van der Waals surface area contributed by atoms with E-state index in [1.54, 1.807) is 0 Å². The van der Waals surface area contributed by atoms with Crippen LogP contribution in [0.3, 0.4) is 0 Å². The highest BCUT2D eigenvalue weighted by molar-refractivity contribution is 5.80. The fourth-order valence-corrected chi connectivity index (χ4v) is 3.26. The highest BCUT2D eigenvalue weighted by atomic mass is 16.5. The maximum Gasteiger partial charge on any atom is 0.284 e. The molecule has 0 amide bonds. The Morgan fingerprint density at radius 3 is 2.48 bits per heavy atom. The average Bonchev–Trinajstić information content (AvgIpc) is 2.86. The predicted molar refractivity (Wildman–Crippen MR) is 102 cm³/mol. The van der Waals surface area contributed by atoms with Gasteiger partial charge in [0.15, 0.2) is 6.61 Å². The van der Waals surface area contributed by atoms with E-state index in [2.05, 4.69) is 44.9 Å². The zero-order valence-electron chi connectivity index (χ0n) is 16.5. The first kappa shape index (κ1) is 19.2. The number of rotatable bonds is 6. The first-order chi connectivity index (χ1) is 11.8. The summed E-state index contributed by atoms with van der Waals surface area (Å²) in [4.78, 5) is 12.7. The fourth-order valence-electron chi connectivity index (χ4n) is 3.26. The number of hydrogen-bond donors (Lipinski definition) is 0. The largest absolute Gasteiger partial charge is 0.483 e. The van der Waals surface area contributed by atoms with Crippen LogP contribution in [0.1, 0.15) is 78.8 Å². The predicted octanol–water partition coefficient (Wildman–Crippen LogP) is 5.16. The van der Waals surface area contributed by atoms with Gasteiger partial charge in [-0.2, -0.15) is 5.10 Å². The van der Waals surface area contributed by atoms with Gasteiger partial charge in [-0.05, 0) is 61.8 Å². The zero-order valence-corrected chi connectivity index (χ0v) is 16.5. The Morgan fingerprint density at radius 2 is 1.88 bits per heavy atom. The van der Waals surface area contributed by atoms with Crippen molar-refractivity contribution in [2.75, 3.05) is 6.61 Å². The number of ether oxygens (including phenoxy) is 1. The minimum Gasteiger partial charge on any atom is -0.483 e. The van der Waals surface area contributed by atoms with Crippen molar-refractivity contribution in [1.29, 1.82) is 0 Å². The maximum atomic E-state index is 12.7. The number of aromatic nitrogens is 2. The van der Waals surface area contributed by atoms with Gasteiger partial charge in [0.05, 0.1) is 5.69 Å². The third kappa shape index (κ3) is 4.12. The Labute approximate surface area is 151 Å². The second kappa shape index (κ2) is 7.85. The second-order valence-electron chi connectivity index (χ2n) is 7.18. The van der Waals surface area contributed by atoms with E-state index in [-0.39, 0.29) is 12.5 Å². The quantitative estimate of drug-likeness (QED) is 0.728. The SMILES string of the molecule is CCC(C)c1c(C)nn(C(=O)COc2cc(C)ccc2C(C)C)c1C. The monoisotopic (exact) mass is 342 g/mol. The number of carbonyl (C=O) groups excluding carboxylic acids is 1. The van der Waals surface area contributed by atoms with E-state index < -0.39 is 0 Å². The van der Waals surface area contributed by atoms with Crippen LogP contribution in [0.15, 0.2) is 18.2 Å². The fraction of sp³-hybridized carbons (Fsp3) is 0.524. The Bertz CT molecular complexity index is 759. The number of hydrogen-bond acceptors (Lipinski definition) is 3. The molecular formula is C21H30N2O2. The molecule has 0 N–H and O–H groups in total. The lowest BCUT2D eigenvalue weighted by Gasteiger charge is -2.15. The van der Waals surface area contributed by atoms with Gasteiger partial charge in [-0.25, -0.2) is 4.68 Å². The topological polar surface area (TPSA) is 44.1 Å². The molecule has 0 saturated carbocycles. The number of aryl methyl sites for hydroxylation is 2. The third-order valence-corrected chi connectivity index (χ3v) is 4.83. The minimum atomic E-state index is -0.133. The molecule has 0 aliphatic rings. The molecule has 2 aromatic rings. The molecule has 0 aliphatic heterocycles. The Balaban J connectivity index is 2.21. The third-order valence-electron chi connectivity index (χ3n) is 4.83. The molecule has 0 saturated heterocycles. The molecular weight excluding hydrogens is 312 g/mol. The number of nitrogens with zero attached hydrogens (tertiary/aromatic N) is 2. The van der Waals surface area contributed by atoms with Gasteiger partial charge in [0, 0.05) is 5.69 Å². The molecule has 1 aromatic heterocycles. The molecule has 2 rings (SSSR count). The summed E-state index contributed by atoms with van der Waals surface area (Å²) >= 11 is 0. The first-order valence-electron chi connectivity index (χ1n) is 9.08. The Morgan fingerprint density at radius 1 is 1.20 bits per heavy atom. The van der Waals surface area contributed by atoms with Crippen LogP contribution in [0.25, 0.3) is 0 Å². The molecule has 0 aliphatic carbocycles. The van der Waals surface area contributed by atoms with Crippen LogP contribution < -0.4 is 4.74 Å². The van der Waals surface area contributed by atoms with Gasteiger partial charge in [-0.15, -0.1) is 0 Å². The van der Waals surface area contributed by atoms with E-state index in [4.69, 9.17) is 4.74 Å². The van der Waals surface area contributed by atoms with Crippen LogP contribution in [0, 0.1) is 20.8 Å². The van der Waals surface area contributed by atoms with Crippen molar-refractivity contribution in [2.24, 2.45) is 0 Å². The summed E-state index contributed by atoms with van der Waals surface area (Å²) in [5.41, 5.74) is 5.27. The van der Waals surface area contributed by atoms with Crippen molar-refractivity contribution >= 4 is 5.91 Å². The van der Waals surface area contributed by atoms with Gasteiger partial charge in [-0.3, -0.25) is 4.79 Å². The van der Waals surface area contributed by atoms with E-state index in [0.717, 1.165) is 34.7 Å². The van der Waals surface area contributed by atoms with E-state index in [0.29, 0.717) is 11.8 Å². The molecule has 25 heavy (non-hydrogen) atoms. The maximum absolute atomic E-state index is 12.7. The standard InChI is InChI=1S/C21H30N2O2/c1-8-15(5)21-16(6)22-23(17(21)7)20(24)12-25-19-11-14(4)9-10-18(19)13(2)3/h9-11,13,15H,8,12H2,1-7H3. The van der Waals surface area contributed by atoms with Crippen LogP contribution in [0.2, 0.25) is 0 Å². The Kier molecular flexibility index (Phi) is 6.04. The highest BCUT2D eigenvalue weighted by Crippen LogP contribution is 2.28. The van der Waals surface area contributed by atoms with E-state index in [1.165, 1.54) is 10.2 Å². The molecule has 136 valence electrons. The lowest BCUT2D eigenvalue weighted by molar-refractivity contribution is 0.0817.